The van der Waals surface area contributed by atoms with E-state index in [1.165, 1.54) is 0 Å². The van der Waals surface area contributed by atoms with E-state index < -0.39 is 5.97 Å². The van der Waals surface area contributed by atoms with E-state index in [-0.39, 0.29) is 11.7 Å². The van der Waals surface area contributed by atoms with Crippen LogP contribution in [0.25, 0.3) is 0 Å². The molecule has 0 radical (unpaired) electrons. The number of hydrogen-bond acceptors (Lipinski definition) is 3. The maximum absolute atomic E-state index is 10.8. The molecule has 1 N–H and O–H groups in total. The van der Waals surface area contributed by atoms with Crippen LogP contribution in [-0.4, -0.2) is 42.2 Å². The number of carboxylic acid groups (broad SMARTS) is 1. The monoisotopic (exact) mass is 221 g/mol. The highest BCUT2D eigenvalue weighted by molar-refractivity contribution is 5.87. The molecule has 1 saturated heterocycles. The van der Waals surface area contributed by atoms with Gasteiger partial charge in [0.1, 0.15) is 11.9 Å². The van der Waals surface area contributed by atoms with E-state index in [0.717, 1.165) is 19.5 Å². The topological polar surface area (TPSA) is 49.8 Å². The third kappa shape index (κ3) is 2.52. The first-order valence-electron chi connectivity index (χ1n) is 5.34. The molecule has 1 aromatic rings. The van der Waals surface area contributed by atoms with E-state index in [4.69, 9.17) is 9.84 Å². The predicted molar refractivity (Wildman–Crippen MR) is 59.9 cm³/mol. The highest BCUT2D eigenvalue weighted by Gasteiger charge is 2.21. The second-order valence-corrected chi connectivity index (χ2v) is 4.12. The number of ether oxygens (including phenoxy) is 1. The molecular formula is C12H15NO3. The van der Waals surface area contributed by atoms with Crippen LogP contribution in [0.3, 0.4) is 0 Å². The molecule has 0 spiro atoms. The third-order valence-corrected chi connectivity index (χ3v) is 2.73. The Labute approximate surface area is 94.4 Å². The van der Waals surface area contributed by atoms with Crippen LogP contribution in [0.5, 0.6) is 5.75 Å². The molecule has 1 aromatic carbocycles. The van der Waals surface area contributed by atoms with Gasteiger partial charge in [0.25, 0.3) is 0 Å². The summed E-state index contributed by atoms with van der Waals surface area (Å²) in [7, 11) is 2.05. The lowest BCUT2D eigenvalue weighted by Crippen LogP contribution is -2.21. The molecule has 1 heterocycles. The lowest BCUT2D eigenvalue weighted by atomic mass is 10.2. The van der Waals surface area contributed by atoms with Crippen LogP contribution in [0.2, 0.25) is 0 Å². The maximum Gasteiger partial charge on any atom is 0.335 e. The van der Waals surface area contributed by atoms with Gasteiger partial charge in [-0.2, -0.15) is 0 Å². The summed E-state index contributed by atoms with van der Waals surface area (Å²) in [6, 6.07) is 6.64. The summed E-state index contributed by atoms with van der Waals surface area (Å²) in [5.41, 5.74) is 0.267. The zero-order chi connectivity index (χ0) is 11.5. The molecule has 86 valence electrons. The highest BCUT2D eigenvalue weighted by atomic mass is 16.5. The second kappa shape index (κ2) is 4.53. The number of rotatable bonds is 3. The lowest BCUT2D eigenvalue weighted by molar-refractivity contribution is 0.0696. The van der Waals surface area contributed by atoms with Gasteiger partial charge in [-0.1, -0.05) is 6.07 Å². The minimum Gasteiger partial charge on any atom is -0.489 e. The number of benzene rings is 1. The predicted octanol–water partition coefficient (Wildman–Crippen LogP) is 1.47. The molecule has 1 aliphatic heterocycles. The number of carboxylic acids is 1. The third-order valence-electron chi connectivity index (χ3n) is 2.73. The van der Waals surface area contributed by atoms with Crippen molar-refractivity contribution in [1.29, 1.82) is 0 Å². The van der Waals surface area contributed by atoms with Crippen LogP contribution in [0.15, 0.2) is 24.3 Å². The maximum atomic E-state index is 10.8. The Kier molecular flexibility index (Phi) is 3.10. The van der Waals surface area contributed by atoms with Gasteiger partial charge < -0.3 is 14.7 Å². The number of hydrogen-bond donors (Lipinski definition) is 1. The molecule has 0 bridgehead atoms. The van der Waals surface area contributed by atoms with Crippen molar-refractivity contribution < 1.29 is 14.6 Å². The molecule has 4 nitrogen and oxygen atoms in total. The number of likely N-dealkylation sites (N-methyl/N-ethyl adjacent to an activating group) is 1. The van der Waals surface area contributed by atoms with Crippen molar-refractivity contribution in [2.24, 2.45) is 0 Å². The van der Waals surface area contributed by atoms with Gasteiger partial charge in [-0.3, -0.25) is 0 Å². The summed E-state index contributed by atoms with van der Waals surface area (Å²) in [5.74, 6) is -0.283. The van der Waals surface area contributed by atoms with Gasteiger partial charge in [0.15, 0.2) is 0 Å². The second-order valence-electron chi connectivity index (χ2n) is 4.12. The van der Waals surface area contributed by atoms with Gasteiger partial charge in [0, 0.05) is 13.1 Å². The lowest BCUT2D eigenvalue weighted by Gasteiger charge is -2.13. The zero-order valence-corrected chi connectivity index (χ0v) is 9.22. The van der Waals surface area contributed by atoms with Gasteiger partial charge in [-0.25, -0.2) is 4.79 Å². The number of carbonyl (C=O) groups is 1. The first-order chi connectivity index (χ1) is 7.65. The largest absolute Gasteiger partial charge is 0.489 e. The molecule has 1 fully saturated rings. The van der Waals surface area contributed by atoms with Crippen LogP contribution in [0.1, 0.15) is 16.8 Å². The van der Waals surface area contributed by atoms with Crippen molar-refractivity contribution in [3.8, 4) is 5.75 Å². The molecular weight excluding hydrogens is 206 g/mol. The molecule has 0 saturated carbocycles. The molecule has 16 heavy (non-hydrogen) atoms. The first kappa shape index (κ1) is 11.0. The Morgan fingerprint density at radius 2 is 2.38 bits per heavy atom. The molecule has 0 aliphatic carbocycles. The first-order valence-corrected chi connectivity index (χ1v) is 5.34. The Morgan fingerprint density at radius 1 is 1.56 bits per heavy atom. The van der Waals surface area contributed by atoms with E-state index in [1.54, 1.807) is 24.3 Å². The van der Waals surface area contributed by atoms with Crippen LogP contribution in [-0.2, 0) is 0 Å². The molecule has 2 rings (SSSR count). The fraction of sp³-hybridized carbons (Fsp3) is 0.417. The Hall–Kier alpha value is -1.55. The summed E-state index contributed by atoms with van der Waals surface area (Å²) in [6.45, 7) is 1.93. The molecule has 0 aromatic heterocycles. The SMILES string of the molecule is CN1CCC(Oc2cccc(C(=O)O)c2)C1. The average molecular weight is 221 g/mol. The number of aromatic carboxylic acids is 1. The van der Waals surface area contributed by atoms with Crippen LogP contribution in [0.4, 0.5) is 0 Å². The van der Waals surface area contributed by atoms with E-state index >= 15 is 0 Å². The van der Waals surface area contributed by atoms with E-state index in [2.05, 4.69) is 11.9 Å². The Bertz CT molecular complexity index is 392. The van der Waals surface area contributed by atoms with E-state index in [1.807, 2.05) is 0 Å². The van der Waals surface area contributed by atoms with Gasteiger partial charge in [-0.05, 0) is 31.7 Å². The van der Waals surface area contributed by atoms with Crippen molar-refractivity contribution in [1.82, 2.24) is 4.90 Å². The van der Waals surface area contributed by atoms with E-state index in [9.17, 15) is 4.79 Å². The molecule has 1 atom stereocenters. The van der Waals surface area contributed by atoms with Crippen LogP contribution >= 0.6 is 0 Å². The number of nitrogens with zero attached hydrogens (tertiary/aromatic N) is 1. The van der Waals surface area contributed by atoms with Gasteiger partial charge in [-0.15, -0.1) is 0 Å². The quantitative estimate of drug-likeness (QED) is 0.839. The number of likely N-dealkylation sites (tertiary alicyclic amines) is 1. The molecule has 1 aliphatic rings. The van der Waals surface area contributed by atoms with Crippen LogP contribution < -0.4 is 4.74 Å². The summed E-state index contributed by atoms with van der Waals surface area (Å²) in [5, 5.41) is 8.85. The van der Waals surface area contributed by atoms with Crippen molar-refractivity contribution in [3.05, 3.63) is 29.8 Å². The van der Waals surface area contributed by atoms with Crippen molar-refractivity contribution in [2.45, 2.75) is 12.5 Å². The Balaban J connectivity index is 2.04. The van der Waals surface area contributed by atoms with Gasteiger partial charge >= 0.3 is 5.97 Å². The smallest absolute Gasteiger partial charge is 0.335 e. The minimum atomic E-state index is -0.922. The fourth-order valence-corrected chi connectivity index (χ4v) is 1.89. The van der Waals surface area contributed by atoms with Crippen molar-refractivity contribution in [2.75, 3.05) is 20.1 Å². The summed E-state index contributed by atoms with van der Waals surface area (Å²) >= 11 is 0. The highest BCUT2D eigenvalue weighted by Crippen LogP contribution is 2.18. The molecule has 0 amide bonds. The average Bonchev–Trinajstić information content (AvgIpc) is 2.64. The summed E-state index contributed by atoms with van der Waals surface area (Å²) in [4.78, 5) is 13.0. The fourth-order valence-electron chi connectivity index (χ4n) is 1.89. The zero-order valence-electron chi connectivity index (χ0n) is 9.22. The van der Waals surface area contributed by atoms with E-state index in [0.29, 0.717) is 5.75 Å². The normalized spacial score (nSPS) is 20.9. The summed E-state index contributed by atoms with van der Waals surface area (Å²) in [6.07, 6.45) is 1.17. The van der Waals surface area contributed by atoms with Crippen molar-refractivity contribution in [3.63, 3.8) is 0 Å². The van der Waals surface area contributed by atoms with Crippen LogP contribution in [0, 0.1) is 0 Å². The summed E-state index contributed by atoms with van der Waals surface area (Å²) < 4.78 is 5.73. The van der Waals surface area contributed by atoms with Gasteiger partial charge in [0.2, 0.25) is 0 Å². The minimum absolute atomic E-state index is 0.175. The Morgan fingerprint density at radius 3 is 3.00 bits per heavy atom. The molecule has 1 unspecified atom stereocenters. The van der Waals surface area contributed by atoms with Crippen molar-refractivity contribution >= 4 is 5.97 Å². The van der Waals surface area contributed by atoms with Gasteiger partial charge in [0.05, 0.1) is 5.56 Å². The molecule has 4 heteroatoms. The standard InChI is InChI=1S/C12H15NO3/c1-13-6-5-11(8-13)16-10-4-2-3-9(7-10)12(14)15/h2-4,7,11H,5-6,8H2,1H3,(H,14,15).